The van der Waals surface area contributed by atoms with E-state index in [4.69, 9.17) is 30.4 Å². The average molecular weight is 730 g/mol. The zero-order valence-corrected chi connectivity index (χ0v) is 30.3. The van der Waals surface area contributed by atoms with Crippen LogP contribution in [0.4, 0.5) is 14.6 Å². The Kier molecular flexibility index (Phi) is 9.18. The smallest absolute Gasteiger partial charge is 0.319 e. The number of hydrogen-bond donors (Lipinski definition) is 2. The maximum Gasteiger partial charge on any atom is 0.319 e. The Morgan fingerprint density at radius 2 is 1.94 bits per heavy atom. The molecule has 0 radical (unpaired) electrons. The van der Waals surface area contributed by atoms with Gasteiger partial charge >= 0.3 is 6.01 Å². The number of β-amino-alcohol motifs (C(OH)–C–C–N with tert-alkyl or cyclic N) is 1. The van der Waals surface area contributed by atoms with Gasteiger partial charge in [-0.2, -0.15) is 9.97 Å². The maximum absolute atomic E-state index is 17.1. The first kappa shape index (κ1) is 35.8. The predicted molar refractivity (Wildman–Crippen MR) is 195 cm³/mol. The van der Waals surface area contributed by atoms with Gasteiger partial charge in [-0.25, -0.2) is 8.78 Å². The number of likely N-dealkylation sites (tertiary alicyclic amines) is 1. The summed E-state index contributed by atoms with van der Waals surface area (Å²) in [4.78, 5) is 18.4. The minimum absolute atomic E-state index is 0.00379. The Balaban J connectivity index is 1.19. The van der Waals surface area contributed by atoms with Crippen molar-refractivity contribution in [3.63, 3.8) is 0 Å². The number of ether oxygens (including phenoxy) is 4. The number of pyridine rings is 1. The molecule has 5 heterocycles. The molecule has 0 amide bonds. The summed E-state index contributed by atoms with van der Waals surface area (Å²) in [6.45, 7) is 9.18. The van der Waals surface area contributed by atoms with E-state index < -0.39 is 23.0 Å². The van der Waals surface area contributed by atoms with Crippen LogP contribution >= 0.6 is 0 Å². The van der Waals surface area contributed by atoms with Crippen LogP contribution in [-0.2, 0) is 14.2 Å². The molecule has 1 unspecified atom stereocenters. The second-order valence-corrected chi connectivity index (χ2v) is 15.8. The summed E-state index contributed by atoms with van der Waals surface area (Å²) < 4.78 is 56.3. The third kappa shape index (κ3) is 6.76. The van der Waals surface area contributed by atoms with Crippen LogP contribution in [0.25, 0.3) is 32.9 Å². The van der Waals surface area contributed by atoms with Gasteiger partial charge in [-0.3, -0.25) is 9.88 Å². The van der Waals surface area contributed by atoms with E-state index in [1.165, 1.54) is 30.5 Å². The van der Waals surface area contributed by atoms with E-state index in [9.17, 15) is 14.6 Å². The van der Waals surface area contributed by atoms with Gasteiger partial charge in [0.25, 0.3) is 0 Å². The molecule has 53 heavy (non-hydrogen) atoms. The molecule has 1 aliphatic carbocycles. The minimum Gasteiger partial charge on any atom is -0.508 e. The fourth-order valence-electron chi connectivity index (χ4n) is 9.00. The average Bonchev–Trinajstić information content (AvgIpc) is 3.65. The van der Waals surface area contributed by atoms with Gasteiger partial charge in [-0.1, -0.05) is 18.4 Å². The van der Waals surface area contributed by atoms with Crippen LogP contribution in [-0.4, -0.2) is 106 Å². The zero-order valence-electron chi connectivity index (χ0n) is 30.3. The second-order valence-electron chi connectivity index (χ2n) is 15.8. The summed E-state index contributed by atoms with van der Waals surface area (Å²) in [5.41, 5.74) is -1.54. The quantitative estimate of drug-likeness (QED) is 0.233. The number of rotatable bonds is 7. The number of aliphatic hydroxyl groups is 1. The lowest BCUT2D eigenvalue weighted by Crippen LogP contribution is -2.54. The molecule has 0 spiro atoms. The third-order valence-electron chi connectivity index (χ3n) is 11.3. The lowest BCUT2D eigenvalue weighted by atomic mass is 9.75. The van der Waals surface area contributed by atoms with Gasteiger partial charge in [0.1, 0.15) is 34.2 Å². The Morgan fingerprint density at radius 1 is 1.11 bits per heavy atom. The lowest BCUT2D eigenvalue weighted by molar-refractivity contribution is -0.143. The van der Waals surface area contributed by atoms with Crippen molar-refractivity contribution >= 4 is 27.5 Å². The largest absolute Gasteiger partial charge is 0.508 e. The highest BCUT2D eigenvalue weighted by molar-refractivity contribution is 6.03. The van der Waals surface area contributed by atoms with Crippen molar-refractivity contribution < 1.29 is 37.9 Å². The SMILES string of the molecule is C#Cc1c(F)ccc2cc(O)cc(-c3ncc4c(N5CCOC[C@@](C)(O)C5)nc(OCC56CCC[C@H]5N(C[C@H]5COC(C)(C)O5)CCC6)nc4c3F)c12. The number of phenolic OH excluding ortho intramolecular Hbond substituents is 1. The highest BCUT2D eigenvalue weighted by Crippen LogP contribution is 2.48. The van der Waals surface area contributed by atoms with E-state index in [1.807, 2.05) is 18.7 Å². The third-order valence-corrected chi connectivity index (χ3v) is 11.3. The van der Waals surface area contributed by atoms with Crippen molar-refractivity contribution in [1.82, 2.24) is 19.9 Å². The van der Waals surface area contributed by atoms with Crippen LogP contribution in [0, 0.1) is 29.4 Å². The molecule has 2 aromatic carbocycles. The maximum atomic E-state index is 17.1. The van der Waals surface area contributed by atoms with Crippen LogP contribution in [0.15, 0.2) is 30.5 Å². The van der Waals surface area contributed by atoms with Gasteiger partial charge < -0.3 is 34.1 Å². The summed E-state index contributed by atoms with van der Waals surface area (Å²) in [6, 6.07) is 5.72. The number of aromatic nitrogens is 3. The number of hydrogen-bond acceptors (Lipinski definition) is 11. The molecule has 4 fully saturated rings. The molecule has 2 aromatic heterocycles. The molecule has 280 valence electrons. The first-order chi connectivity index (χ1) is 25.4. The van der Waals surface area contributed by atoms with Crippen LogP contribution in [0.2, 0.25) is 0 Å². The molecule has 4 aromatic rings. The summed E-state index contributed by atoms with van der Waals surface area (Å²) >= 11 is 0. The molecule has 4 atom stereocenters. The summed E-state index contributed by atoms with van der Waals surface area (Å²) in [5.74, 6) is 0.512. The van der Waals surface area contributed by atoms with E-state index in [0.717, 1.165) is 45.2 Å². The van der Waals surface area contributed by atoms with E-state index in [1.54, 1.807) is 6.92 Å². The van der Waals surface area contributed by atoms with Crippen LogP contribution in [0.5, 0.6) is 11.8 Å². The number of piperidine rings is 1. The van der Waals surface area contributed by atoms with Crippen molar-refractivity contribution in [3.05, 3.63) is 47.7 Å². The molecule has 1 saturated carbocycles. The molecule has 8 rings (SSSR count). The van der Waals surface area contributed by atoms with Gasteiger partial charge in [0.05, 0.1) is 50.0 Å². The van der Waals surface area contributed by atoms with Gasteiger partial charge in [-0.05, 0) is 76.6 Å². The number of terminal acetylenes is 1. The predicted octanol–water partition coefficient (Wildman–Crippen LogP) is 5.56. The van der Waals surface area contributed by atoms with Crippen molar-refractivity contribution in [2.75, 3.05) is 57.5 Å². The van der Waals surface area contributed by atoms with E-state index in [2.05, 4.69) is 20.8 Å². The van der Waals surface area contributed by atoms with Gasteiger partial charge in [0, 0.05) is 41.7 Å². The lowest BCUT2D eigenvalue weighted by Gasteiger charge is -2.46. The standard InChI is InChI=1S/C40H45F2N5O6/c1-5-27-30(41)10-9-24-16-25(48)17-28(32(24)27)34-33(42)35-29(18-43-34)36(47-14-15-50-22-39(4,49)21-47)45-37(44-35)51-23-40-11-6-8-31(40)46(13-7-12-40)19-26-20-52-38(2,3)53-26/h1,9-10,16-18,26,31,48-49H,6-8,11-15,19-23H2,2-4H3/t26-,31+,39-,40?/m0/s1. The number of halogens is 2. The fourth-order valence-corrected chi connectivity index (χ4v) is 9.00. The number of fused-ring (bicyclic) bond motifs is 3. The van der Waals surface area contributed by atoms with E-state index in [-0.39, 0.29) is 70.2 Å². The topological polar surface area (TPSA) is 123 Å². The zero-order chi connectivity index (χ0) is 37.1. The van der Waals surface area contributed by atoms with Crippen molar-refractivity contribution in [1.29, 1.82) is 0 Å². The van der Waals surface area contributed by atoms with Crippen LogP contribution < -0.4 is 9.64 Å². The molecule has 3 saturated heterocycles. The van der Waals surface area contributed by atoms with E-state index >= 15 is 4.39 Å². The molecule has 0 bridgehead atoms. The Bertz CT molecular complexity index is 2110. The van der Waals surface area contributed by atoms with Gasteiger partial charge in [-0.15, -0.1) is 6.42 Å². The molecule has 3 aliphatic heterocycles. The highest BCUT2D eigenvalue weighted by Gasteiger charge is 2.49. The number of nitrogens with zero attached hydrogens (tertiary/aromatic N) is 5. The monoisotopic (exact) mass is 729 g/mol. The fraction of sp³-hybridized carbons (Fsp3) is 0.525. The summed E-state index contributed by atoms with van der Waals surface area (Å²) in [7, 11) is 0. The first-order valence-electron chi connectivity index (χ1n) is 18.4. The number of benzene rings is 2. The molecule has 11 nitrogen and oxygen atoms in total. The summed E-state index contributed by atoms with van der Waals surface area (Å²) in [6.07, 6.45) is 12.2. The summed E-state index contributed by atoms with van der Waals surface area (Å²) in [5, 5.41) is 22.7. The molecule has 13 heteroatoms. The van der Waals surface area contributed by atoms with Crippen molar-refractivity contribution in [2.24, 2.45) is 5.41 Å². The van der Waals surface area contributed by atoms with Crippen molar-refractivity contribution in [2.45, 2.75) is 76.4 Å². The normalized spacial score (nSPS) is 27.5. The Labute approximate surface area is 307 Å². The van der Waals surface area contributed by atoms with E-state index in [0.29, 0.717) is 43.0 Å². The van der Waals surface area contributed by atoms with Gasteiger partial charge in [0.2, 0.25) is 0 Å². The van der Waals surface area contributed by atoms with Crippen LogP contribution in [0.3, 0.4) is 0 Å². The Hall–Kier alpha value is -4.19. The molecular formula is C40H45F2N5O6. The number of phenols is 1. The molecular weight excluding hydrogens is 684 g/mol. The second kappa shape index (κ2) is 13.6. The van der Waals surface area contributed by atoms with Crippen molar-refractivity contribution in [3.8, 4) is 35.4 Å². The number of anilines is 1. The minimum atomic E-state index is -1.21. The van der Waals surface area contributed by atoms with Crippen LogP contribution in [0.1, 0.15) is 58.4 Å². The molecule has 4 aliphatic rings. The Morgan fingerprint density at radius 3 is 2.74 bits per heavy atom. The molecule has 2 N–H and O–H groups in total. The first-order valence-corrected chi connectivity index (χ1v) is 18.4. The van der Waals surface area contributed by atoms with Gasteiger partial charge in [0.15, 0.2) is 11.6 Å². The highest BCUT2D eigenvalue weighted by atomic mass is 19.1. The number of aromatic hydroxyl groups is 1.